The first kappa shape index (κ1) is 30.3. The fourth-order valence-electron chi connectivity index (χ4n) is 5.83. The Hall–Kier alpha value is -2.62. The molecule has 2 heterocycles. The normalized spacial score (nSPS) is 23.9. The van der Waals surface area contributed by atoms with Crippen molar-refractivity contribution in [3.05, 3.63) is 35.9 Å². The third-order valence-electron chi connectivity index (χ3n) is 8.51. The van der Waals surface area contributed by atoms with Crippen molar-refractivity contribution in [2.45, 2.75) is 82.9 Å². The average Bonchev–Trinajstić information content (AvgIpc) is 3.71. The van der Waals surface area contributed by atoms with Crippen molar-refractivity contribution in [2.24, 2.45) is 11.8 Å². The minimum absolute atomic E-state index is 0.0291. The molecule has 0 bridgehead atoms. The van der Waals surface area contributed by atoms with Crippen molar-refractivity contribution in [1.29, 1.82) is 0 Å². The van der Waals surface area contributed by atoms with Crippen molar-refractivity contribution in [3.8, 4) is 0 Å². The maximum absolute atomic E-state index is 13.8. The second kappa shape index (κ2) is 14.3. The largest absolute Gasteiger partial charge is 0.379 e. The van der Waals surface area contributed by atoms with Crippen molar-refractivity contribution < 1.29 is 28.7 Å². The highest BCUT2D eigenvalue weighted by molar-refractivity contribution is 5.98. The van der Waals surface area contributed by atoms with Gasteiger partial charge in [-0.1, -0.05) is 62.4 Å². The van der Waals surface area contributed by atoms with Crippen molar-refractivity contribution in [2.75, 3.05) is 39.5 Å². The molecule has 2 saturated heterocycles. The number of carbonyl (C=O) groups is 4. The molecule has 4 rings (SSSR count). The van der Waals surface area contributed by atoms with Crippen LogP contribution >= 0.6 is 0 Å². The van der Waals surface area contributed by atoms with Crippen LogP contribution in [0.25, 0.3) is 0 Å². The Balaban J connectivity index is 1.41. The van der Waals surface area contributed by atoms with Gasteiger partial charge in [-0.2, -0.15) is 0 Å². The van der Waals surface area contributed by atoms with Crippen LogP contribution in [0.3, 0.4) is 0 Å². The zero-order valence-electron chi connectivity index (χ0n) is 24.0. The molecule has 2 N–H and O–H groups in total. The smallest absolute Gasteiger partial charge is 0.234 e. The molecule has 0 radical (unpaired) electrons. The molecule has 1 saturated carbocycles. The number of hydrogen-bond acceptors (Lipinski definition) is 7. The fraction of sp³-hybridized carbons (Fsp3) is 0.677. The van der Waals surface area contributed by atoms with Crippen molar-refractivity contribution >= 4 is 23.4 Å². The topological polar surface area (TPSA) is 117 Å². The molecule has 2 aliphatic heterocycles. The number of rotatable bonds is 14. The first-order valence-electron chi connectivity index (χ1n) is 14.9. The first-order chi connectivity index (χ1) is 19.2. The van der Waals surface area contributed by atoms with Crippen LogP contribution in [0.2, 0.25) is 0 Å². The molecule has 1 aromatic carbocycles. The summed E-state index contributed by atoms with van der Waals surface area (Å²) in [6.45, 7) is 6.57. The summed E-state index contributed by atoms with van der Waals surface area (Å²) < 4.78 is 10.8. The Labute approximate surface area is 237 Å². The summed E-state index contributed by atoms with van der Waals surface area (Å²) in [5.41, 5.74) is 0.0719. The van der Waals surface area contributed by atoms with E-state index in [4.69, 9.17) is 9.47 Å². The molecule has 9 nitrogen and oxygen atoms in total. The molecule has 0 spiro atoms. The molecule has 4 atom stereocenters. The number of amides is 2. The quantitative estimate of drug-likeness (QED) is 0.339. The van der Waals surface area contributed by atoms with Gasteiger partial charge in [-0.25, -0.2) is 0 Å². The van der Waals surface area contributed by atoms with E-state index in [1.165, 1.54) is 6.42 Å². The predicted molar refractivity (Wildman–Crippen MR) is 151 cm³/mol. The summed E-state index contributed by atoms with van der Waals surface area (Å²) in [6.07, 6.45) is 6.54. The third-order valence-corrected chi connectivity index (χ3v) is 8.51. The van der Waals surface area contributed by atoms with E-state index in [1.807, 2.05) is 35.2 Å². The van der Waals surface area contributed by atoms with E-state index in [0.717, 1.165) is 31.2 Å². The minimum atomic E-state index is -0.874. The van der Waals surface area contributed by atoms with Gasteiger partial charge in [0.2, 0.25) is 11.8 Å². The van der Waals surface area contributed by atoms with Crippen LogP contribution in [-0.2, 0) is 35.1 Å². The Kier molecular flexibility index (Phi) is 10.9. The van der Waals surface area contributed by atoms with E-state index in [-0.39, 0.29) is 36.3 Å². The molecule has 220 valence electrons. The van der Waals surface area contributed by atoms with Crippen molar-refractivity contribution in [1.82, 2.24) is 15.5 Å². The highest BCUT2D eigenvalue weighted by Gasteiger charge is 2.50. The molecule has 3 fully saturated rings. The molecule has 9 heteroatoms. The summed E-state index contributed by atoms with van der Waals surface area (Å²) in [6, 6.07) is 8.17. The number of Topliss-reactive ketones (excluding diaryl/α,β-unsaturated/α-hetero) is 2. The second-order valence-corrected chi connectivity index (χ2v) is 11.9. The lowest BCUT2D eigenvalue weighted by Crippen LogP contribution is -2.50. The SMILES string of the molecule is CC(NC(=O)CN1CCOCC1)C(=O)CC(CC1CCCCC1)C(=O)NC(Cc1ccccc1)C(=O)C1(C)CO1. The van der Waals surface area contributed by atoms with Gasteiger partial charge in [0.05, 0.1) is 38.4 Å². The summed E-state index contributed by atoms with van der Waals surface area (Å²) in [4.78, 5) is 55.0. The van der Waals surface area contributed by atoms with Crippen molar-refractivity contribution in [3.63, 3.8) is 0 Å². The number of hydrogen-bond donors (Lipinski definition) is 2. The van der Waals surface area contributed by atoms with Crippen LogP contribution in [0.15, 0.2) is 30.3 Å². The predicted octanol–water partition coefficient (Wildman–Crippen LogP) is 2.45. The van der Waals surface area contributed by atoms with Crippen LogP contribution in [0.5, 0.6) is 0 Å². The van der Waals surface area contributed by atoms with Gasteiger partial charge in [-0.15, -0.1) is 0 Å². The fourth-order valence-corrected chi connectivity index (χ4v) is 5.83. The number of carbonyl (C=O) groups excluding carboxylic acids is 4. The second-order valence-electron chi connectivity index (χ2n) is 11.9. The van der Waals surface area contributed by atoms with Crippen LogP contribution in [0.4, 0.5) is 0 Å². The lowest BCUT2D eigenvalue weighted by molar-refractivity contribution is -0.135. The van der Waals surface area contributed by atoms with E-state index in [9.17, 15) is 19.2 Å². The van der Waals surface area contributed by atoms with Gasteiger partial charge < -0.3 is 20.1 Å². The minimum Gasteiger partial charge on any atom is -0.379 e. The van der Waals surface area contributed by atoms with E-state index in [1.54, 1.807) is 13.8 Å². The van der Waals surface area contributed by atoms with Crippen LogP contribution in [0, 0.1) is 11.8 Å². The Morgan fingerprint density at radius 3 is 2.35 bits per heavy atom. The zero-order valence-corrected chi connectivity index (χ0v) is 24.0. The monoisotopic (exact) mass is 555 g/mol. The number of morpholine rings is 1. The summed E-state index contributed by atoms with van der Waals surface area (Å²) >= 11 is 0. The molecule has 1 aliphatic carbocycles. The van der Waals surface area contributed by atoms with E-state index in [0.29, 0.717) is 51.7 Å². The number of nitrogens with one attached hydrogen (secondary N) is 2. The molecule has 2 amide bonds. The highest BCUT2D eigenvalue weighted by atomic mass is 16.6. The van der Waals surface area contributed by atoms with Gasteiger partial charge in [-0.05, 0) is 38.2 Å². The molecule has 4 unspecified atom stereocenters. The Morgan fingerprint density at radius 2 is 1.70 bits per heavy atom. The molecular weight excluding hydrogens is 510 g/mol. The maximum atomic E-state index is 13.8. The van der Waals surface area contributed by atoms with E-state index >= 15 is 0 Å². The van der Waals surface area contributed by atoms with Crippen LogP contribution in [0.1, 0.15) is 64.4 Å². The number of ether oxygens (including phenoxy) is 2. The third kappa shape index (κ3) is 8.94. The number of epoxide rings is 1. The Morgan fingerprint density at radius 1 is 1.02 bits per heavy atom. The van der Waals surface area contributed by atoms with Gasteiger partial charge in [-0.3, -0.25) is 24.1 Å². The highest BCUT2D eigenvalue weighted by Crippen LogP contribution is 2.32. The average molecular weight is 556 g/mol. The van der Waals surface area contributed by atoms with Gasteiger partial charge in [0.1, 0.15) is 5.60 Å². The zero-order chi connectivity index (χ0) is 28.5. The number of ketones is 2. The number of nitrogens with zero attached hydrogens (tertiary/aromatic N) is 1. The summed E-state index contributed by atoms with van der Waals surface area (Å²) in [5, 5.41) is 5.84. The molecule has 1 aromatic rings. The number of benzene rings is 1. The maximum Gasteiger partial charge on any atom is 0.234 e. The lowest BCUT2D eigenvalue weighted by atomic mass is 9.80. The van der Waals surface area contributed by atoms with Crippen LogP contribution < -0.4 is 10.6 Å². The standard InChI is InChI=1S/C31H45N3O6/c1-22(32-28(36)20-34-13-15-39-16-14-34)27(35)19-25(17-23-9-5-3-6-10-23)30(38)33-26(29(37)31(2)21-40-31)18-24-11-7-4-8-12-24/h4,7-8,11-12,22-23,25-26H,3,5-6,9-10,13-21H2,1-2H3,(H,32,36)(H,33,38). The molecule has 3 aliphatic rings. The summed E-state index contributed by atoms with van der Waals surface area (Å²) in [5.74, 6) is -0.985. The molecule has 40 heavy (non-hydrogen) atoms. The van der Waals surface area contributed by atoms with Gasteiger partial charge in [0.15, 0.2) is 11.6 Å². The Bertz CT molecular complexity index is 1020. The van der Waals surface area contributed by atoms with E-state index in [2.05, 4.69) is 10.6 Å². The van der Waals surface area contributed by atoms with E-state index < -0.39 is 23.6 Å². The lowest BCUT2D eigenvalue weighted by Gasteiger charge is -2.29. The van der Waals surface area contributed by atoms with Gasteiger partial charge >= 0.3 is 0 Å². The van der Waals surface area contributed by atoms with Gasteiger partial charge in [0, 0.05) is 25.4 Å². The molecule has 0 aromatic heterocycles. The summed E-state index contributed by atoms with van der Waals surface area (Å²) in [7, 11) is 0. The van der Waals surface area contributed by atoms with Gasteiger partial charge in [0.25, 0.3) is 0 Å². The first-order valence-corrected chi connectivity index (χ1v) is 14.9. The van der Waals surface area contributed by atoms with Crippen LogP contribution in [-0.4, -0.2) is 85.4 Å². The molecular formula is C31H45N3O6.